The Bertz CT molecular complexity index is 740. The molecule has 3 aliphatic carbocycles. The molecule has 188 valence electrons. The molecular formula is C26H40F3NO3. The number of ether oxygens (including phenoxy) is 1. The van der Waals surface area contributed by atoms with Crippen molar-refractivity contribution in [3.05, 3.63) is 23.3 Å². The van der Waals surface area contributed by atoms with Gasteiger partial charge in [-0.2, -0.15) is 0 Å². The molecule has 0 radical (unpaired) electrons. The standard InChI is InChI=1S/C26H40F3NO3/c1-17(15-30-11-9-22(16-30)33-26(27,28)29)23-7-8-24-19(4-3-10-25(23,24)2)6-5-18-12-20(31)14-21(32)13-18/h5-6,17,20-24,31-32H,3-4,7-16H2,1-2H3/b18-5-,19-6+/t17?,20-,21+,22-,23-,24+,25-/m1/s1. The lowest BCUT2D eigenvalue weighted by Gasteiger charge is -2.45. The molecule has 0 bridgehead atoms. The summed E-state index contributed by atoms with van der Waals surface area (Å²) in [7, 11) is 0. The molecule has 1 aliphatic heterocycles. The number of hydrogen-bond donors (Lipinski definition) is 2. The van der Waals surface area contributed by atoms with Gasteiger partial charge in [-0.15, -0.1) is 13.2 Å². The molecule has 1 saturated heterocycles. The van der Waals surface area contributed by atoms with Crippen LogP contribution < -0.4 is 0 Å². The molecule has 0 spiro atoms. The molecule has 1 heterocycles. The Morgan fingerprint density at radius 2 is 1.88 bits per heavy atom. The van der Waals surface area contributed by atoms with Gasteiger partial charge in [0.15, 0.2) is 0 Å². The van der Waals surface area contributed by atoms with Gasteiger partial charge in [-0.3, -0.25) is 4.74 Å². The SMILES string of the molecule is CC(CN1CC[C@@H](OC(F)(F)F)C1)[C@H]1CC[C@H]2/C(=C/C=C3/C[C@@H](O)C[C@@H](O)C3)CCC[C@]12C. The number of nitrogens with zero attached hydrogens (tertiary/aromatic N) is 1. The molecule has 3 saturated carbocycles. The van der Waals surface area contributed by atoms with Crippen LogP contribution in [0, 0.1) is 23.2 Å². The fraction of sp³-hybridized carbons (Fsp3) is 0.846. The highest BCUT2D eigenvalue weighted by molar-refractivity contribution is 5.26. The molecule has 2 N–H and O–H groups in total. The number of alkyl halides is 3. The Morgan fingerprint density at radius 1 is 1.15 bits per heavy atom. The minimum absolute atomic E-state index is 0.231. The van der Waals surface area contributed by atoms with E-state index in [9.17, 15) is 23.4 Å². The van der Waals surface area contributed by atoms with Gasteiger partial charge in [0.2, 0.25) is 0 Å². The molecule has 0 aromatic rings. The third-order valence-electron chi connectivity index (χ3n) is 8.87. The number of halogens is 3. The topological polar surface area (TPSA) is 52.9 Å². The Balaban J connectivity index is 1.38. The lowest BCUT2D eigenvalue weighted by molar-refractivity contribution is -0.340. The van der Waals surface area contributed by atoms with Gasteiger partial charge in [0, 0.05) is 19.6 Å². The number of aliphatic hydroxyl groups excluding tert-OH is 2. The van der Waals surface area contributed by atoms with E-state index in [1.165, 1.54) is 31.3 Å². The molecule has 0 amide bonds. The highest BCUT2D eigenvalue weighted by Gasteiger charge is 2.51. The highest BCUT2D eigenvalue weighted by atomic mass is 19.4. The lowest BCUT2D eigenvalue weighted by atomic mass is 9.61. The summed E-state index contributed by atoms with van der Waals surface area (Å²) in [5, 5.41) is 19.9. The summed E-state index contributed by atoms with van der Waals surface area (Å²) in [6.45, 7) is 6.59. The summed E-state index contributed by atoms with van der Waals surface area (Å²) in [5.41, 5.74) is 2.86. The van der Waals surface area contributed by atoms with Crippen molar-refractivity contribution < 1.29 is 28.1 Å². The van der Waals surface area contributed by atoms with Gasteiger partial charge >= 0.3 is 6.36 Å². The van der Waals surface area contributed by atoms with Crippen LogP contribution in [0.2, 0.25) is 0 Å². The largest absolute Gasteiger partial charge is 0.522 e. The third kappa shape index (κ3) is 6.03. The van der Waals surface area contributed by atoms with Gasteiger partial charge in [0.25, 0.3) is 0 Å². The van der Waals surface area contributed by atoms with Crippen LogP contribution in [0.1, 0.15) is 71.6 Å². The van der Waals surface area contributed by atoms with Gasteiger partial charge in [-0.05, 0) is 81.0 Å². The molecule has 7 heteroatoms. The van der Waals surface area contributed by atoms with Crippen LogP contribution in [0.25, 0.3) is 0 Å². The molecule has 7 atom stereocenters. The monoisotopic (exact) mass is 471 g/mol. The van der Waals surface area contributed by atoms with E-state index in [1.54, 1.807) is 0 Å². The van der Waals surface area contributed by atoms with E-state index in [0.29, 0.717) is 56.5 Å². The molecular weight excluding hydrogens is 431 g/mol. The Hall–Kier alpha value is -0.890. The van der Waals surface area contributed by atoms with E-state index in [2.05, 4.69) is 35.6 Å². The van der Waals surface area contributed by atoms with Crippen molar-refractivity contribution in [2.24, 2.45) is 23.2 Å². The van der Waals surface area contributed by atoms with Crippen LogP contribution >= 0.6 is 0 Å². The number of aliphatic hydroxyl groups is 2. The Morgan fingerprint density at radius 3 is 2.58 bits per heavy atom. The first-order chi connectivity index (χ1) is 15.5. The average Bonchev–Trinajstić information content (AvgIpc) is 3.27. The second-order valence-electron chi connectivity index (χ2n) is 11.3. The fourth-order valence-corrected chi connectivity index (χ4v) is 7.53. The fourth-order valence-electron chi connectivity index (χ4n) is 7.53. The maximum atomic E-state index is 12.6. The van der Waals surface area contributed by atoms with Crippen LogP contribution in [0.5, 0.6) is 0 Å². The molecule has 0 aromatic carbocycles. The summed E-state index contributed by atoms with van der Waals surface area (Å²) >= 11 is 0. The van der Waals surface area contributed by atoms with Crippen molar-refractivity contribution >= 4 is 0 Å². The maximum Gasteiger partial charge on any atom is 0.522 e. The first-order valence-electron chi connectivity index (χ1n) is 12.7. The van der Waals surface area contributed by atoms with Gasteiger partial charge in [0.1, 0.15) is 0 Å². The number of likely N-dealkylation sites (tertiary alicyclic amines) is 1. The molecule has 0 aromatic heterocycles. The van der Waals surface area contributed by atoms with Crippen molar-refractivity contribution in [1.29, 1.82) is 0 Å². The number of hydrogen-bond acceptors (Lipinski definition) is 4. The van der Waals surface area contributed by atoms with Gasteiger partial charge in [-0.1, -0.05) is 37.1 Å². The summed E-state index contributed by atoms with van der Waals surface area (Å²) < 4.78 is 41.9. The lowest BCUT2D eigenvalue weighted by Crippen LogP contribution is -2.39. The van der Waals surface area contributed by atoms with E-state index < -0.39 is 24.7 Å². The quantitative estimate of drug-likeness (QED) is 0.578. The summed E-state index contributed by atoms with van der Waals surface area (Å²) in [6.07, 6.45) is 6.28. The zero-order valence-electron chi connectivity index (χ0n) is 20.0. The molecule has 4 fully saturated rings. The minimum atomic E-state index is -4.55. The summed E-state index contributed by atoms with van der Waals surface area (Å²) in [4.78, 5) is 2.15. The second kappa shape index (κ2) is 10.00. The molecule has 4 rings (SSSR count). The highest BCUT2D eigenvalue weighted by Crippen LogP contribution is 2.59. The zero-order chi connectivity index (χ0) is 23.8. The van der Waals surface area contributed by atoms with Crippen molar-refractivity contribution in [1.82, 2.24) is 4.90 Å². The number of allylic oxidation sites excluding steroid dienone is 3. The maximum absolute atomic E-state index is 12.6. The minimum Gasteiger partial charge on any atom is -0.393 e. The van der Waals surface area contributed by atoms with Gasteiger partial charge < -0.3 is 15.1 Å². The second-order valence-corrected chi connectivity index (χ2v) is 11.3. The summed E-state index contributed by atoms with van der Waals surface area (Å²) in [5.74, 6) is 1.56. The van der Waals surface area contributed by atoms with Crippen molar-refractivity contribution in [2.75, 3.05) is 19.6 Å². The van der Waals surface area contributed by atoms with E-state index in [-0.39, 0.29) is 5.41 Å². The van der Waals surface area contributed by atoms with Gasteiger partial charge in [-0.25, -0.2) is 0 Å². The van der Waals surface area contributed by atoms with E-state index >= 15 is 0 Å². The first kappa shape index (κ1) is 25.2. The smallest absolute Gasteiger partial charge is 0.393 e. The van der Waals surface area contributed by atoms with Crippen molar-refractivity contribution in [3.63, 3.8) is 0 Å². The van der Waals surface area contributed by atoms with Crippen LogP contribution in [-0.2, 0) is 4.74 Å². The van der Waals surface area contributed by atoms with Crippen LogP contribution in [0.15, 0.2) is 23.3 Å². The van der Waals surface area contributed by atoms with Crippen LogP contribution in [-0.4, -0.2) is 59.4 Å². The molecule has 33 heavy (non-hydrogen) atoms. The van der Waals surface area contributed by atoms with E-state index in [1.807, 2.05) is 0 Å². The number of rotatable bonds is 5. The van der Waals surface area contributed by atoms with Crippen molar-refractivity contribution in [3.8, 4) is 0 Å². The van der Waals surface area contributed by atoms with E-state index in [0.717, 1.165) is 18.5 Å². The van der Waals surface area contributed by atoms with Gasteiger partial charge in [0.05, 0.1) is 18.3 Å². The number of fused-ring (bicyclic) bond motifs is 1. The van der Waals surface area contributed by atoms with Crippen LogP contribution in [0.4, 0.5) is 13.2 Å². The zero-order valence-corrected chi connectivity index (χ0v) is 20.0. The van der Waals surface area contributed by atoms with Crippen molar-refractivity contribution in [2.45, 2.75) is 96.3 Å². The Labute approximate surface area is 195 Å². The van der Waals surface area contributed by atoms with E-state index in [4.69, 9.17) is 0 Å². The molecule has 4 aliphatic rings. The predicted octanol–water partition coefficient (Wildman–Crippen LogP) is 5.21. The Kier molecular flexibility index (Phi) is 7.64. The molecule has 1 unspecified atom stereocenters. The normalized spacial score (nSPS) is 41.6. The summed E-state index contributed by atoms with van der Waals surface area (Å²) in [6, 6.07) is 0. The predicted molar refractivity (Wildman–Crippen MR) is 121 cm³/mol. The van der Waals surface area contributed by atoms with Crippen LogP contribution in [0.3, 0.4) is 0 Å². The molecule has 4 nitrogen and oxygen atoms in total. The third-order valence-corrected chi connectivity index (χ3v) is 8.87. The first-order valence-corrected chi connectivity index (χ1v) is 12.7. The average molecular weight is 472 g/mol.